The molecule has 17 heavy (non-hydrogen) atoms. The lowest BCUT2D eigenvalue weighted by atomic mass is 10.1. The van der Waals surface area contributed by atoms with Crippen LogP contribution < -0.4 is 10.6 Å². The maximum Gasteiger partial charge on any atom is 0.251 e. The number of carbonyl (C=O) groups is 1. The molecule has 0 aromatic heterocycles. The second-order valence-corrected chi connectivity index (χ2v) is 4.59. The van der Waals surface area contributed by atoms with Crippen molar-refractivity contribution in [1.29, 1.82) is 0 Å². The molecule has 1 saturated carbocycles. The monoisotopic (exact) mass is 229 g/mol. The van der Waals surface area contributed by atoms with Crippen molar-refractivity contribution in [3.8, 4) is 0 Å². The Labute approximate surface area is 100 Å². The highest BCUT2D eigenvalue weighted by Gasteiger charge is 2.30. The minimum absolute atomic E-state index is 0.00277. The van der Waals surface area contributed by atoms with Gasteiger partial charge in [-0.1, -0.05) is 30.3 Å². The average Bonchev–Trinajstić information content (AvgIpc) is 3.07. The zero-order valence-electron chi connectivity index (χ0n) is 9.52. The summed E-state index contributed by atoms with van der Waals surface area (Å²) in [6, 6.07) is 10.2. The van der Waals surface area contributed by atoms with Crippen LogP contribution in [-0.4, -0.2) is 24.0 Å². The van der Waals surface area contributed by atoms with Crippen molar-refractivity contribution in [2.75, 3.05) is 0 Å². The van der Waals surface area contributed by atoms with Crippen LogP contribution in [0.1, 0.15) is 18.4 Å². The number of carbonyl (C=O) groups excluding carboxylic acids is 1. The number of guanidine groups is 1. The van der Waals surface area contributed by atoms with Crippen molar-refractivity contribution >= 4 is 11.9 Å². The van der Waals surface area contributed by atoms with Gasteiger partial charge in [-0.25, -0.2) is 4.99 Å². The molecule has 4 nitrogen and oxygen atoms in total. The maximum atomic E-state index is 11.7. The van der Waals surface area contributed by atoms with E-state index in [1.807, 2.05) is 30.3 Å². The number of nitrogens with zero attached hydrogens (tertiary/aromatic N) is 1. The Balaban J connectivity index is 1.66. The molecule has 1 aromatic rings. The van der Waals surface area contributed by atoms with E-state index in [-0.39, 0.29) is 11.9 Å². The molecule has 88 valence electrons. The Morgan fingerprint density at radius 2 is 2.06 bits per heavy atom. The van der Waals surface area contributed by atoms with Crippen LogP contribution in [0.25, 0.3) is 0 Å². The van der Waals surface area contributed by atoms with Crippen molar-refractivity contribution in [3.63, 3.8) is 0 Å². The fraction of sp³-hybridized carbons (Fsp3) is 0.385. The van der Waals surface area contributed by atoms with Gasteiger partial charge in [-0.3, -0.25) is 10.1 Å². The number of nitrogens with one attached hydrogen (secondary N) is 2. The lowest BCUT2D eigenvalue weighted by molar-refractivity contribution is -0.120. The molecule has 2 aliphatic rings. The highest BCUT2D eigenvalue weighted by molar-refractivity contribution is 6.05. The molecule has 1 amide bonds. The molecular formula is C13H15N3O. The molecule has 1 fully saturated rings. The van der Waals surface area contributed by atoms with Gasteiger partial charge in [-0.15, -0.1) is 0 Å². The third-order valence-electron chi connectivity index (χ3n) is 3.02. The van der Waals surface area contributed by atoms with Crippen LogP contribution in [0.2, 0.25) is 0 Å². The Kier molecular flexibility index (Phi) is 2.55. The third kappa shape index (κ3) is 2.46. The predicted octanol–water partition coefficient (Wildman–Crippen LogP) is 0.835. The molecule has 1 unspecified atom stereocenters. The molecule has 4 heteroatoms. The number of hydrogen-bond acceptors (Lipinski definition) is 3. The molecule has 1 aromatic carbocycles. The van der Waals surface area contributed by atoms with Crippen LogP contribution in [-0.2, 0) is 11.2 Å². The van der Waals surface area contributed by atoms with Crippen molar-refractivity contribution in [2.24, 2.45) is 4.99 Å². The molecular weight excluding hydrogens is 214 g/mol. The minimum Gasteiger partial charge on any atom is -0.353 e. The molecule has 1 atom stereocenters. The summed E-state index contributed by atoms with van der Waals surface area (Å²) >= 11 is 0. The molecule has 2 N–H and O–H groups in total. The molecule has 1 aliphatic carbocycles. The first-order valence-corrected chi connectivity index (χ1v) is 6.00. The standard InChI is InChI=1S/C13H15N3O/c17-12-11(8-9-4-2-1-3-5-9)15-13(16-12)14-10-6-7-10/h1-5,10-11H,6-8H2,(H2,14,15,16,17). The fourth-order valence-electron chi connectivity index (χ4n) is 1.92. The first-order chi connectivity index (χ1) is 8.31. The van der Waals surface area contributed by atoms with Gasteiger partial charge < -0.3 is 5.32 Å². The quantitative estimate of drug-likeness (QED) is 0.807. The van der Waals surface area contributed by atoms with Crippen LogP contribution in [0, 0.1) is 0 Å². The van der Waals surface area contributed by atoms with Gasteiger partial charge in [0.05, 0.1) is 0 Å². The van der Waals surface area contributed by atoms with Gasteiger partial charge in [-0.2, -0.15) is 0 Å². The second kappa shape index (κ2) is 4.20. The zero-order valence-corrected chi connectivity index (χ0v) is 9.52. The zero-order chi connectivity index (χ0) is 11.7. The summed E-state index contributed by atoms with van der Waals surface area (Å²) < 4.78 is 0. The second-order valence-electron chi connectivity index (χ2n) is 4.59. The summed E-state index contributed by atoms with van der Waals surface area (Å²) in [5, 5.41) is 6.01. The fourth-order valence-corrected chi connectivity index (χ4v) is 1.92. The van der Waals surface area contributed by atoms with Gasteiger partial charge in [0, 0.05) is 12.5 Å². The molecule has 0 saturated heterocycles. The summed E-state index contributed by atoms with van der Waals surface area (Å²) in [4.78, 5) is 16.1. The van der Waals surface area contributed by atoms with E-state index in [0.717, 1.165) is 5.56 Å². The lowest BCUT2D eigenvalue weighted by Crippen LogP contribution is -2.38. The largest absolute Gasteiger partial charge is 0.353 e. The van der Waals surface area contributed by atoms with Crippen molar-refractivity contribution < 1.29 is 4.79 Å². The number of benzene rings is 1. The highest BCUT2D eigenvalue weighted by Crippen LogP contribution is 2.19. The summed E-state index contributed by atoms with van der Waals surface area (Å²) in [5.74, 6) is 0.649. The van der Waals surface area contributed by atoms with Crippen molar-refractivity contribution in [2.45, 2.75) is 31.3 Å². The van der Waals surface area contributed by atoms with E-state index in [9.17, 15) is 4.79 Å². The average molecular weight is 229 g/mol. The Bertz CT molecular complexity index is 451. The topological polar surface area (TPSA) is 53.5 Å². The first kappa shape index (κ1) is 10.3. The Morgan fingerprint density at radius 3 is 2.76 bits per heavy atom. The lowest BCUT2D eigenvalue weighted by Gasteiger charge is -2.03. The predicted molar refractivity (Wildman–Crippen MR) is 65.7 cm³/mol. The van der Waals surface area contributed by atoms with Gasteiger partial charge in [0.2, 0.25) is 0 Å². The van der Waals surface area contributed by atoms with E-state index >= 15 is 0 Å². The van der Waals surface area contributed by atoms with Crippen molar-refractivity contribution in [1.82, 2.24) is 10.6 Å². The van der Waals surface area contributed by atoms with Gasteiger partial charge in [0.25, 0.3) is 5.91 Å². The summed E-state index contributed by atoms with van der Waals surface area (Å²) in [7, 11) is 0. The molecule has 0 spiro atoms. The highest BCUT2D eigenvalue weighted by atomic mass is 16.2. The number of rotatable bonds is 3. The van der Waals surface area contributed by atoms with E-state index in [0.29, 0.717) is 18.4 Å². The van der Waals surface area contributed by atoms with Gasteiger partial charge in [-0.05, 0) is 18.4 Å². The SMILES string of the molecule is O=C1NC(NC2CC2)=NC1Cc1ccccc1. The van der Waals surface area contributed by atoms with Crippen LogP contribution in [0.3, 0.4) is 0 Å². The van der Waals surface area contributed by atoms with E-state index in [1.165, 1.54) is 12.8 Å². The summed E-state index contributed by atoms with van der Waals surface area (Å²) in [6.07, 6.45) is 3.03. The first-order valence-electron chi connectivity index (χ1n) is 6.00. The van der Waals surface area contributed by atoms with E-state index < -0.39 is 0 Å². The van der Waals surface area contributed by atoms with Gasteiger partial charge in [0.1, 0.15) is 6.04 Å². The number of aliphatic imine (C=N–C) groups is 1. The molecule has 1 aliphatic heterocycles. The minimum atomic E-state index is -0.279. The normalized spacial score (nSPS) is 23.2. The molecule has 1 heterocycles. The molecule has 3 rings (SSSR count). The maximum absolute atomic E-state index is 11.7. The van der Waals surface area contributed by atoms with Crippen LogP contribution in [0.4, 0.5) is 0 Å². The third-order valence-corrected chi connectivity index (χ3v) is 3.02. The van der Waals surface area contributed by atoms with Crippen LogP contribution in [0.15, 0.2) is 35.3 Å². The molecule has 0 radical (unpaired) electrons. The Morgan fingerprint density at radius 1 is 1.29 bits per heavy atom. The van der Waals surface area contributed by atoms with E-state index in [4.69, 9.17) is 0 Å². The van der Waals surface area contributed by atoms with Crippen LogP contribution >= 0.6 is 0 Å². The smallest absolute Gasteiger partial charge is 0.251 e. The summed E-state index contributed by atoms with van der Waals surface area (Å²) in [6.45, 7) is 0. The molecule has 0 bridgehead atoms. The Hall–Kier alpha value is -1.84. The van der Waals surface area contributed by atoms with E-state index in [1.54, 1.807) is 0 Å². The van der Waals surface area contributed by atoms with Gasteiger partial charge in [0.15, 0.2) is 5.96 Å². The number of hydrogen-bond donors (Lipinski definition) is 2. The number of amides is 1. The van der Waals surface area contributed by atoms with Crippen LogP contribution in [0.5, 0.6) is 0 Å². The van der Waals surface area contributed by atoms with Gasteiger partial charge >= 0.3 is 0 Å². The van der Waals surface area contributed by atoms with Crippen molar-refractivity contribution in [3.05, 3.63) is 35.9 Å². The van der Waals surface area contributed by atoms with E-state index in [2.05, 4.69) is 15.6 Å². The summed E-state index contributed by atoms with van der Waals surface area (Å²) in [5.41, 5.74) is 1.14.